The molecule has 0 saturated heterocycles. The van der Waals surface area contributed by atoms with Crippen LogP contribution in [0.5, 0.6) is 0 Å². The average Bonchev–Trinajstić information content (AvgIpc) is 2.70. The van der Waals surface area contributed by atoms with Gasteiger partial charge in [-0.2, -0.15) is 0 Å². The summed E-state index contributed by atoms with van der Waals surface area (Å²) in [5.74, 6) is 0. The van der Waals surface area contributed by atoms with Crippen LogP contribution >= 0.6 is 0 Å². The van der Waals surface area contributed by atoms with Crippen molar-refractivity contribution in [2.24, 2.45) is 0 Å². The molecule has 0 heteroatoms. The fourth-order valence-corrected chi connectivity index (χ4v) is 3.34. The molecule has 0 aliphatic carbocycles. The van der Waals surface area contributed by atoms with Crippen LogP contribution in [0.25, 0.3) is 22.3 Å². The third-order valence-electron chi connectivity index (χ3n) is 4.74. The molecular formula is C26H22. The van der Waals surface area contributed by atoms with E-state index in [2.05, 4.69) is 110 Å². The van der Waals surface area contributed by atoms with E-state index in [0.717, 1.165) is 6.42 Å². The lowest BCUT2D eigenvalue weighted by Gasteiger charge is -2.11. The zero-order valence-electron chi connectivity index (χ0n) is 15.0. The Kier molecular flexibility index (Phi) is 4.66. The van der Waals surface area contributed by atoms with E-state index < -0.39 is 0 Å². The molecule has 26 heavy (non-hydrogen) atoms. The quantitative estimate of drug-likeness (QED) is 0.380. The first-order valence-corrected chi connectivity index (χ1v) is 9.08. The number of hydrogen-bond acceptors (Lipinski definition) is 0. The summed E-state index contributed by atoms with van der Waals surface area (Å²) in [6, 6.07) is 37.0. The fourth-order valence-electron chi connectivity index (χ4n) is 3.34. The summed E-state index contributed by atoms with van der Waals surface area (Å²) in [6.07, 6.45) is 0.945. The molecule has 126 valence electrons. The van der Waals surface area contributed by atoms with Crippen molar-refractivity contribution in [2.45, 2.75) is 13.3 Å². The normalized spacial score (nSPS) is 10.7. The lowest BCUT2D eigenvalue weighted by atomic mass is 9.93. The van der Waals surface area contributed by atoms with E-state index in [1.807, 2.05) is 0 Å². The Labute approximate surface area is 155 Å². The lowest BCUT2D eigenvalue weighted by molar-refractivity contribution is 1.19. The van der Waals surface area contributed by atoms with Crippen molar-refractivity contribution in [2.75, 3.05) is 0 Å². The molecule has 0 unspecified atom stereocenters. The summed E-state index contributed by atoms with van der Waals surface area (Å²) in [6.45, 7) is 2.13. The predicted octanol–water partition coefficient (Wildman–Crippen LogP) is 6.92. The molecule has 0 heterocycles. The molecule has 0 atom stereocenters. The highest BCUT2D eigenvalue weighted by molar-refractivity contribution is 5.74. The van der Waals surface area contributed by atoms with E-state index in [9.17, 15) is 0 Å². The van der Waals surface area contributed by atoms with Gasteiger partial charge < -0.3 is 0 Å². The first kappa shape index (κ1) is 16.4. The maximum atomic E-state index is 2.32. The molecule has 4 rings (SSSR count). The van der Waals surface area contributed by atoms with Gasteiger partial charge in [0.1, 0.15) is 0 Å². The summed E-state index contributed by atoms with van der Waals surface area (Å²) < 4.78 is 0. The van der Waals surface area contributed by atoms with Gasteiger partial charge in [-0.1, -0.05) is 103 Å². The summed E-state index contributed by atoms with van der Waals surface area (Å²) in [5, 5.41) is 0. The molecule has 0 N–H and O–H groups in total. The minimum Gasteiger partial charge on any atom is -0.0622 e. The molecule has 0 aromatic heterocycles. The van der Waals surface area contributed by atoms with Crippen LogP contribution in [0.3, 0.4) is 0 Å². The first-order chi connectivity index (χ1) is 12.8. The van der Waals surface area contributed by atoms with Gasteiger partial charge in [-0.15, -0.1) is 0 Å². The van der Waals surface area contributed by atoms with Crippen LogP contribution in [-0.4, -0.2) is 0 Å². The van der Waals surface area contributed by atoms with E-state index in [1.165, 1.54) is 38.9 Å². The van der Waals surface area contributed by atoms with Crippen LogP contribution in [0.4, 0.5) is 0 Å². The molecule has 0 aliphatic heterocycles. The molecule has 0 radical (unpaired) electrons. The molecule has 0 spiro atoms. The Morgan fingerprint density at radius 1 is 0.462 bits per heavy atom. The monoisotopic (exact) mass is 334 g/mol. The van der Waals surface area contributed by atoms with Gasteiger partial charge in [-0.05, 0) is 52.8 Å². The number of benzene rings is 4. The topological polar surface area (TPSA) is 0 Å². The standard InChI is InChI=1S/C26H22/c1-20-12-14-24(15-13-20)26-18-22(16-21-8-4-2-5-9-21)17-25(19-26)23-10-6-3-7-11-23/h2-15,17-19H,16H2,1H3. The van der Waals surface area contributed by atoms with Crippen LogP contribution in [0.2, 0.25) is 0 Å². The lowest BCUT2D eigenvalue weighted by Crippen LogP contribution is -1.91. The van der Waals surface area contributed by atoms with Crippen molar-refractivity contribution in [1.29, 1.82) is 0 Å². The summed E-state index contributed by atoms with van der Waals surface area (Å²) in [4.78, 5) is 0. The predicted molar refractivity (Wildman–Crippen MR) is 111 cm³/mol. The van der Waals surface area contributed by atoms with E-state index in [0.29, 0.717) is 0 Å². The fraction of sp³-hybridized carbons (Fsp3) is 0.0769. The highest BCUT2D eigenvalue weighted by Gasteiger charge is 2.06. The average molecular weight is 334 g/mol. The van der Waals surface area contributed by atoms with Crippen LogP contribution in [0.15, 0.2) is 103 Å². The SMILES string of the molecule is Cc1ccc(-c2cc(Cc3ccccc3)cc(-c3ccccc3)c2)cc1. The Bertz CT molecular complexity index is 981. The highest BCUT2D eigenvalue weighted by atomic mass is 14.1. The maximum absolute atomic E-state index is 2.32. The van der Waals surface area contributed by atoms with Crippen LogP contribution < -0.4 is 0 Å². The summed E-state index contributed by atoms with van der Waals surface area (Å²) in [5.41, 5.74) is 9.04. The third kappa shape index (κ3) is 3.75. The minimum atomic E-state index is 0.945. The molecule has 0 nitrogen and oxygen atoms in total. The molecule has 4 aromatic rings. The van der Waals surface area contributed by atoms with Gasteiger partial charge in [0.15, 0.2) is 0 Å². The van der Waals surface area contributed by atoms with Gasteiger partial charge in [0, 0.05) is 0 Å². The summed E-state index contributed by atoms with van der Waals surface area (Å²) >= 11 is 0. The molecular weight excluding hydrogens is 312 g/mol. The van der Waals surface area contributed by atoms with Gasteiger partial charge in [-0.25, -0.2) is 0 Å². The van der Waals surface area contributed by atoms with Crippen molar-refractivity contribution in [3.8, 4) is 22.3 Å². The van der Waals surface area contributed by atoms with Gasteiger partial charge in [-0.3, -0.25) is 0 Å². The Balaban J connectivity index is 1.80. The molecule has 0 aliphatic rings. The van der Waals surface area contributed by atoms with Crippen molar-refractivity contribution < 1.29 is 0 Å². The molecule has 0 fully saturated rings. The number of hydrogen-bond donors (Lipinski definition) is 0. The maximum Gasteiger partial charge on any atom is -0.00253 e. The molecule has 4 aromatic carbocycles. The second kappa shape index (κ2) is 7.41. The largest absolute Gasteiger partial charge is 0.0622 e. The van der Waals surface area contributed by atoms with E-state index in [1.54, 1.807) is 0 Å². The number of rotatable bonds is 4. The van der Waals surface area contributed by atoms with Crippen LogP contribution in [-0.2, 0) is 6.42 Å². The van der Waals surface area contributed by atoms with Crippen molar-refractivity contribution in [1.82, 2.24) is 0 Å². The van der Waals surface area contributed by atoms with Crippen LogP contribution in [0, 0.1) is 6.92 Å². The number of aryl methyl sites for hydroxylation is 1. The smallest absolute Gasteiger partial charge is 0.00253 e. The van der Waals surface area contributed by atoms with Gasteiger partial charge in [0.2, 0.25) is 0 Å². The van der Waals surface area contributed by atoms with E-state index in [4.69, 9.17) is 0 Å². The van der Waals surface area contributed by atoms with Crippen molar-refractivity contribution in [3.63, 3.8) is 0 Å². The Morgan fingerprint density at radius 2 is 1.00 bits per heavy atom. The zero-order valence-corrected chi connectivity index (χ0v) is 15.0. The first-order valence-electron chi connectivity index (χ1n) is 9.08. The molecule has 0 amide bonds. The second-order valence-electron chi connectivity index (χ2n) is 6.81. The zero-order chi connectivity index (χ0) is 17.8. The third-order valence-corrected chi connectivity index (χ3v) is 4.74. The van der Waals surface area contributed by atoms with Crippen LogP contribution in [0.1, 0.15) is 16.7 Å². The Hall–Kier alpha value is -3.12. The summed E-state index contributed by atoms with van der Waals surface area (Å²) in [7, 11) is 0. The second-order valence-corrected chi connectivity index (χ2v) is 6.81. The van der Waals surface area contributed by atoms with Gasteiger partial charge in [0.25, 0.3) is 0 Å². The van der Waals surface area contributed by atoms with Gasteiger partial charge >= 0.3 is 0 Å². The molecule has 0 bridgehead atoms. The minimum absolute atomic E-state index is 0.945. The highest BCUT2D eigenvalue weighted by Crippen LogP contribution is 2.29. The Morgan fingerprint density at radius 3 is 1.62 bits per heavy atom. The molecule has 0 saturated carbocycles. The van der Waals surface area contributed by atoms with Crippen molar-refractivity contribution >= 4 is 0 Å². The van der Waals surface area contributed by atoms with Crippen molar-refractivity contribution in [3.05, 3.63) is 120 Å². The van der Waals surface area contributed by atoms with Gasteiger partial charge in [0.05, 0.1) is 0 Å². The van der Waals surface area contributed by atoms with E-state index >= 15 is 0 Å². The van der Waals surface area contributed by atoms with E-state index in [-0.39, 0.29) is 0 Å².